The van der Waals surface area contributed by atoms with Gasteiger partial charge in [0.15, 0.2) is 0 Å². The first-order valence-electron chi connectivity index (χ1n) is 8.24. The van der Waals surface area contributed by atoms with Gasteiger partial charge in [-0.2, -0.15) is 0 Å². The maximum Gasteiger partial charge on any atom is 0.414 e. The summed E-state index contributed by atoms with van der Waals surface area (Å²) in [7, 11) is 0. The molecule has 0 bridgehead atoms. The number of rotatable bonds is 1. The second kappa shape index (κ2) is 5.87. The van der Waals surface area contributed by atoms with Gasteiger partial charge >= 0.3 is 6.09 Å². The van der Waals surface area contributed by atoms with E-state index in [0.29, 0.717) is 19.5 Å². The van der Waals surface area contributed by atoms with Crippen LogP contribution in [-0.4, -0.2) is 30.7 Å². The summed E-state index contributed by atoms with van der Waals surface area (Å²) in [6.45, 7) is 6.99. The van der Waals surface area contributed by atoms with Crippen molar-refractivity contribution in [2.75, 3.05) is 18.0 Å². The number of nitrogens with zero attached hydrogens (tertiary/aromatic N) is 1. The molecule has 1 unspecified atom stereocenters. The van der Waals surface area contributed by atoms with Gasteiger partial charge < -0.3 is 10.1 Å². The van der Waals surface area contributed by atoms with E-state index < -0.39 is 5.60 Å². The molecule has 1 atom stereocenters. The molecule has 2 amide bonds. The minimum absolute atomic E-state index is 0.104. The van der Waals surface area contributed by atoms with E-state index in [0.717, 1.165) is 18.5 Å². The Balaban J connectivity index is 1.90. The summed E-state index contributed by atoms with van der Waals surface area (Å²) in [5, 5.41) is 2.90. The van der Waals surface area contributed by atoms with E-state index in [1.165, 1.54) is 11.1 Å². The van der Waals surface area contributed by atoms with Crippen LogP contribution in [0.4, 0.5) is 10.5 Å². The van der Waals surface area contributed by atoms with Crippen molar-refractivity contribution >= 4 is 17.7 Å². The van der Waals surface area contributed by atoms with Crippen molar-refractivity contribution in [1.29, 1.82) is 0 Å². The average molecular weight is 316 g/mol. The molecular formula is C18H24N2O3. The van der Waals surface area contributed by atoms with Gasteiger partial charge in [-0.25, -0.2) is 4.79 Å². The van der Waals surface area contributed by atoms with Gasteiger partial charge in [-0.05, 0) is 50.8 Å². The van der Waals surface area contributed by atoms with Crippen LogP contribution >= 0.6 is 0 Å². The lowest BCUT2D eigenvalue weighted by atomic mass is 9.88. The largest absolute Gasteiger partial charge is 0.443 e. The fraction of sp³-hybridized carbons (Fsp3) is 0.556. The van der Waals surface area contributed by atoms with Gasteiger partial charge in [0.25, 0.3) is 0 Å². The number of anilines is 1. The first-order valence-corrected chi connectivity index (χ1v) is 8.24. The summed E-state index contributed by atoms with van der Waals surface area (Å²) in [5.41, 5.74) is 2.80. The smallest absolute Gasteiger partial charge is 0.414 e. The van der Waals surface area contributed by atoms with Gasteiger partial charge in [-0.1, -0.05) is 12.1 Å². The lowest BCUT2D eigenvalue weighted by molar-refractivity contribution is -0.119. The summed E-state index contributed by atoms with van der Waals surface area (Å²) in [6.07, 6.45) is 2.09. The van der Waals surface area contributed by atoms with Crippen LogP contribution in [0.2, 0.25) is 0 Å². The summed E-state index contributed by atoms with van der Waals surface area (Å²) in [5.74, 6) is 0.309. The van der Waals surface area contributed by atoms with Gasteiger partial charge in [0.05, 0.1) is 5.69 Å². The molecule has 1 saturated heterocycles. The Bertz CT molecular complexity index is 634. The molecule has 1 aromatic carbocycles. The number of nitrogens with one attached hydrogen (secondary N) is 1. The molecule has 2 aliphatic heterocycles. The number of carbonyl (C=O) groups excluding carboxylic acids is 2. The molecule has 0 radical (unpaired) electrons. The third kappa shape index (κ3) is 3.33. The lowest BCUT2D eigenvalue weighted by Crippen LogP contribution is -2.40. The van der Waals surface area contributed by atoms with Crippen molar-refractivity contribution in [3.05, 3.63) is 29.3 Å². The van der Waals surface area contributed by atoms with Crippen molar-refractivity contribution in [2.45, 2.75) is 51.6 Å². The number of hydrogen-bond donors (Lipinski definition) is 1. The molecule has 2 aliphatic rings. The predicted octanol–water partition coefficient (Wildman–Crippen LogP) is 2.98. The first kappa shape index (κ1) is 15.8. The number of amides is 2. The first-order chi connectivity index (χ1) is 10.8. The highest BCUT2D eigenvalue weighted by Crippen LogP contribution is 2.36. The Kier molecular flexibility index (Phi) is 4.04. The molecule has 1 fully saturated rings. The molecule has 0 aromatic heterocycles. The van der Waals surface area contributed by atoms with Gasteiger partial charge in [0.2, 0.25) is 5.91 Å². The third-order valence-corrected chi connectivity index (χ3v) is 4.32. The zero-order valence-electron chi connectivity index (χ0n) is 14.0. The molecule has 1 aromatic rings. The van der Waals surface area contributed by atoms with Crippen LogP contribution in [0, 0.1) is 0 Å². The van der Waals surface area contributed by atoms with E-state index >= 15 is 0 Å². The van der Waals surface area contributed by atoms with Crippen molar-refractivity contribution in [2.24, 2.45) is 0 Å². The molecule has 0 aliphatic carbocycles. The summed E-state index contributed by atoms with van der Waals surface area (Å²) in [4.78, 5) is 25.8. The Morgan fingerprint density at radius 3 is 2.78 bits per heavy atom. The second-order valence-electron chi connectivity index (χ2n) is 7.29. The highest BCUT2D eigenvalue weighted by molar-refractivity contribution is 5.90. The molecular weight excluding hydrogens is 292 g/mol. The van der Waals surface area contributed by atoms with Gasteiger partial charge in [0.1, 0.15) is 5.60 Å². The van der Waals surface area contributed by atoms with E-state index in [4.69, 9.17) is 4.74 Å². The number of ether oxygens (including phenoxy) is 1. The quantitative estimate of drug-likeness (QED) is 0.866. The topological polar surface area (TPSA) is 58.6 Å². The van der Waals surface area contributed by atoms with E-state index in [9.17, 15) is 9.59 Å². The summed E-state index contributed by atoms with van der Waals surface area (Å²) < 4.78 is 5.54. The third-order valence-electron chi connectivity index (χ3n) is 4.32. The molecule has 124 valence electrons. The maximum atomic E-state index is 12.5. The van der Waals surface area contributed by atoms with Crippen LogP contribution in [0.15, 0.2) is 18.2 Å². The van der Waals surface area contributed by atoms with E-state index in [1.807, 2.05) is 32.9 Å². The molecule has 0 saturated carbocycles. The van der Waals surface area contributed by atoms with Crippen molar-refractivity contribution in [1.82, 2.24) is 5.32 Å². The second-order valence-corrected chi connectivity index (χ2v) is 7.29. The maximum absolute atomic E-state index is 12.5. The Hall–Kier alpha value is -2.04. The lowest BCUT2D eigenvalue weighted by Gasteiger charge is -2.33. The molecule has 0 spiro atoms. The number of benzene rings is 1. The Labute approximate surface area is 137 Å². The van der Waals surface area contributed by atoms with Crippen LogP contribution in [0.3, 0.4) is 0 Å². The number of carbonyl (C=O) groups is 2. The molecule has 2 heterocycles. The van der Waals surface area contributed by atoms with Crippen LogP contribution < -0.4 is 10.2 Å². The number of hydrogen-bond acceptors (Lipinski definition) is 3. The molecule has 5 nitrogen and oxygen atoms in total. The monoisotopic (exact) mass is 316 g/mol. The average Bonchev–Trinajstić information content (AvgIpc) is 2.90. The zero-order valence-corrected chi connectivity index (χ0v) is 14.0. The van der Waals surface area contributed by atoms with E-state index in [-0.39, 0.29) is 17.9 Å². The predicted molar refractivity (Wildman–Crippen MR) is 88.7 cm³/mol. The number of fused-ring (bicyclic) bond motifs is 1. The SMILES string of the molecule is CC(C)(C)OC(=O)N1CCCc2c(C3CNC(=O)C3)cccc21. The van der Waals surface area contributed by atoms with Gasteiger partial charge in [-0.15, -0.1) is 0 Å². The van der Waals surface area contributed by atoms with Crippen molar-refractivity contribution in [3.63, 3.8) is 0 Å². The minimum atomic E-state index is -0.506. The fourth-order valence-electron chi connectivity index (χ4n) is 3.37. The van der Waals surface area contributed by atoms with Gasteiger partial charge in [0, 0.05) is 25.4 Å². The molecule has 1 N–H and O–H groups in total. The van der Waals surface area contributed by atoms with Crippen LogP contribution in [0.5, 0.6) is 0 Å². The normalized spacial score (nSPS) is 20.9. The Morgan fingerprint density at radius 2 is 2.13 bits per heavy atom. The molecule has 23 heavy (non-hydrogen) atoms. The Morgan fingerprint density at radius 1 is 1.35 bits per heavy atom. The zero-order chi connectivity index (χ0) is 16.6. The minimum Gasteiger partial charge on any atom is -0.443 e. The van der Waals surface area contributed by atoms with Gasteiger partial charge in [-0.3, -0.25) is 9.69 Å². The molecule has 5 heteroatoms. The molecule has 3 rings (SSSR count). The standard InChI is InChI=1S/C18H24N2O3/c1-18(2,3)23-17(22)20-9-5-7-14-13(6-4-8-15(14)20)12-10-16(21)19-11-12/h4,6,8,12H,5,7,9-11H2,1-3H3,(H,19,21). The van der Waals surface area contributed by atoms with Crippen LogP contribution in [-0.2, 0) is 16.0 Å². The summed E-state index contributed by atoms with van der Waals surface area (Å²) >= 11 is 0. The van der Waals surface area contributed by atoms with Crippen molar-refractivity contribution in [3.8, 4) is 0 Å². The highest BCUT2D eigenvalue weighted by atomic mass is 16.6. The van der Waals surface area contributed by atoms with E-state index in [2.05, 4.69) is 11.4 Å². The fourth-order valence-corrected chi connectivity index (χ4v) is 3.37. The highest BCUT2D eigenvalue weighted by Gasteiger charge is 2.31. The summed E-state index contributed by atoms with van der Waals surface area (Å²) in [6, 6.07) is 6.04. The van der Waals surface area contributed by atoms with Crippen LogP contribution in [0.1, 0.15) is 50.7 Å². The van der Waals surface area contributed by atoms with E-state index in [1.54, 1.807) is 4.90 Å². The van der Waals surface area contributed by atoms with Crippen molar-refractivity contribution < 1.29 is 14.3 Å². The van der Waals surface area contributed by atoms with Crippen LogP contribution in [0.25, 0.3) is 0 Å².